The number of hydrogen-bond donors (Lipinski definition) is 1. The fourth-order valence-electron chi connectivity index (χ4n) is 4.82. The molecule has 0 bridgehead atoms. The summed E-state index contributed by atoms with van der Waals surface area (Å²) in [4.78, 5) is 24.1. The van der Waals surface area contributed by atoms with Gasteiger partial charge >= 0.3 is 6.09 Å². The van der Waals surface area contributed by atoms with Crippen LogP contribution in [0.3, 0.4) is 0 Å². The lowest BCUT2D eigenvalue weighted by Gasteiger charge is -2.35. The summed E-state index contributed by atoms with van der Waals surface area (Å²) in [5.74, 6) is 1.57. The molecule has 1 amide bonds. The van der Waals surface area contributed by atoms with E-state index in [2.05, 4.69) is 17.1 Å². The highest BCUT2D eigenvalue weighted by Gasteiger charge is 2.61. The van der Waals surface area contributed by atoms with Crippen LogP contribution in [0.2, 0.25) is 0 Å². The summed E-state index contributed by atoms with van der Waals surface area (Å²) in [6.07, 6.45) is 0.472. The van der Waals surface area contributed by atoms with Crippen LogP contribution in [0.4, 0.5) is 16.3 Å². The van der Waals surface area contributed by atoms with E-state index in [1.807, 2.05) is 24.3 Å². The Hall–Kier alpha value is -3.50. The molecule has 1 aliphatic heterocycles. The van der Waals surface area contributed by atoms with Gasteiger partial charge in [0.05, 0.1) is 29.7 Å². The van der Waals surface area contributed by atoms with Crippen molar-refractivity contribution in [3.63, 3.8) is 0 Å². The second kappa shape index (κ2) is 10.2. The summed E-state index contributed by atoms with van der Waals surface area (Å²) < 4.78 is 36.3. The van der Waals surface area contributed by atoms with Gasteiger partial charge in [-0.25, -0.2) is 23.2 Å². The second-order valence-corrected chi connectivity index (χ2v) is 14.1. The van der Waals surface area contributed by atoms with Crippen LogP contribution in [0.15, 0.2) is 60.7 Å². The van der Waals surface area contributed by atoms with Crippen LogP contribution < -0.4 is 15.0 Å². The zero-order valence-corrected chi connectivity index (χ0v) is 23.5. The van der Waals surface area contributed by atoms with Gasteiger partial charge in [0.25, 0.3) is 0 Å². The molecule has 1 N–H and O–H groups in total. The molecule has 0 unspecified atom stereocenters. The fraction of sp³-hybridized carbons (Fsp3) is 0.414. The maximum atomic E-state index is 13.7. The Bertz CT molecular complexity index is 1450. The summed E-state index contributed by atoms with van der Waals surface area (Å²) in [5.41, 5.74) is 1.79. The molecule has 0 spiro atoms. The number of rotatable bonds is 6. The number of carbonyl (C=O) groups excluding carboxylic acids is 1. The molecule has 5 rings (SSSR count). The minimum atomic E-state index is -3.52. The van der Waals surface area contributed by atoms with Crippen molar-refractivity contribution in [3.8, 4) is 17.1 Å². The number of para-hydroxylation sites is 1. The Morgan fingerprint density at radius 1 is 1.08 bits per heavy atom. The Kier molecular flexibility index (Phi) is 7.11. The standard InChI is InChI=1S/C29H34N4O5S/c1-20-19-37-17-16-33(20)25-18-24(29(14-15-29)39(35,36)28(2,3)4)31-26(32-25)21-10-12-22(13-11-21)30-27(34)38-23-8-6-5-7-9-23/h5-13,18,20H,14-17,19H2,1-4H3,(H,30,34)/t20-/m0/s1. The average molecular weight is 551 g/mol. The van der Waals surface area contributed by atoms with E-state index in [4.69, 9.17) is 19.4 Å². The van der Waals surface area contributed by atoms with Gasteiger partial charge in [0.2, 0.25) is 0 Å². The Morgan fingerprint density at radius 3 is 2.38 bits per heavy atom. The van der Waals surface area contributed by atoms with Crippen LogP contribution in [-0.2, 0) is 19.3 Å². The molecule has 2 fully saturated rings. The van der Waals surface area contributed by atoms with E-state index >= 15 is 0 Å². The first-order valence-electron chi connectivity index (χ1n) is 13.1. The first-order valence-corrected chi connectivity index (χ1v) is 14.6. The fourth-order valence-corrected chi connectivity index (χ4v) is 7.01. The van der Waals surface area contributed by atoms with Crippen molar-refractivity contribution >= 4 is 27.4 Å². The first-order chi connectivity index (χ1) is 18.5. The van der Waals surface area contributed by atoms with E-state index in [-0.39, 0.29) is 6.04 Å². The number of nitrogens with one attached hydrogen (secondary N) is 1. The second-order valence-electron chi connectivity index (χ2n) is 11.1. The molecule has 2 heterocycles. The molecule has 39 heavy (non-hydrogen) atoms. The van der Waals surface area contributed by atoms with Crippen LogP contribution in [0.5, 0.6) is 5.75 Å². The van der Waals surface area contributed by atoms with Gasteiger partial charge in [0.15, 0.2) is 15.7 Å². The number of carbonyl (C=O) groups is 1. The van der Waals surface area contributed by atoms with E-state index < -0.39 is 25.4 Å². The third-order valence-corrected chi connectivity index (χ3v) is 10.5. The maximum absolute atomic E-state index is 13.7. The Balaban J connectivity index is 1.47. The van der Waals surface area contributed by atoms with Crippen molar-refractivity contribution < 1.29 is 22.7 Å². The normalized spacial score (nSPS) is 18.9. The van der Waals surface area contributed by atoms with Gasteiger partial charge < -0.3 is 14.4 Å². The maximum Gasteiger partial charge on any atom is 0.417 e. The topological polar surface area (TPSA) is 111 Å². The average Bonchev–Trinajstić information content (AvgIpc) is 3.72. The summed E-state index contributed by atoms with van der Waals surface area (Å²) in [5, 5.41) is 2.72. The molecule has 1 aromatic heterocycles. The predicted octanol–water partition coefficient (Wildman–Crippen LogP) is 5.18. The lowest BCUT2D eigenvalue weighted by Crippen LogP contribution is -2.44. The predicted molar refractivity (Wildman–Crippen MR) is 151 cm³/mol. The highest BCUT2D eigenvalue weighted by Crippen LogP contribution is 2.56. The summed E-state index contributed by atoms with van der Waals surface area (Å²) in [6.45, 7) is 9.08. The zero-order chi connectivity index (χ0) is 27.8. The number of amides is 1. The van der Waals surface area contributed by atoms with Crippen molar-refractivity contribution in [2.75, 3.05) is 30.0 Å². The summed E-state index contributed by atoms with van der Waals surface area (Å²) in [6, 6.07) is 17.9. The van der Waals surface area contributed by atoms with Crippen molar-refractivity contribution in [1.29, 1.82) is 0 Å². The van der Waals surface area contributed by atoms with E-state index in [9.17, 15) is 13.2 Å². The largest absolute Gasteiger partial charge is 0.417 e. The van der Waals surface area contributed by atoms with Gasteiger partial charge in [-0.2, -0.15) is 0 Å². The summed E-state index contributed by atoms with van der Waals surface area (Å²) in [7, 11) is -3.52. The molecule has 1 atom stereocenters. The number of sulfone groups is 1. The molecule has 1 aliphatic carbocycles. The first kappa shape index (κ1) is 27.1. The third-order valence-electron chi connectivity index (χ3n) is 7.21. The van der Waals surface area contributed by atoms with Crippen LogP contribution in [0.25, 0.3) is 11.4 Å². The minimum absolute atomic E-state index is 0.0888. The SMILES string of the molecule is C[C@H]1COCCN1c1cc(C2(S(=O)(=O)C(C)(C)C)CC2)nc(-c2ccc(NC(=O)Oc3ccccc3)cc2)n1. The van der Waals surface area contributed by atoms with Crippen molar-refractivity contribution in [2.45, 2.75) is 56.1 Å². The lowest BCUT2D eigenvalue weighted by atomic mass is 10.1. The van der Waals surface area contributed by atoms with Crippen molar-refractivity contribution in [3.05, 3.63) is 66.4 Å². The number of morpholine rings is 1. The Labute approximate surface area is 229 Å². The number of benzene rings is 2. The van der Waals surface area contributed by atoms with Crippen LogP contribution in [0, 0.1) is 0 Å². The minimum Gasteiger partial charge on any atom is -0.410 e. The highest BCUT2D eigenvalue weighted by molar-refractivity contribution is 7.94. The van der Waals surface area contributed by atoms with Crippen LogP contribution >= 0.6 is 0 Å². The molecule has 1 saturated heterocycles. The molecule has 2 aliphatic rings. The monoisotopic (exact) mass is 550 g/mol. The quantitative estimate of drug-likeness (QED) is 0.447. The number of aromatic nitrogens is 2. The smallest absolute Gasteiger partial charge is 0.410 e. The molecule has 10 heteroatoms. The van der Waals surface area contributed by atoms with E-state index in [0.717, 1.165) is 0 Å². The summed E-state index contributed by atoms with van der Waals surface area (Å²) >= 11 is 0. The zero-order valence-electron chi connectivity index (χ0n) is 22.7. The molecule has 2 aromatic carbocycles. The molecule has 9 nitrogen and oxygen atoms in total. The van der Waals surface area contributed by atoms with E-state index in [1.165, 1.54) is 0 Å². The lowest BCUT2D eigenvalue weighted by molar-refractivity contribution is 0.0985. The molecule has 1 saturated carbocycles. The van der Waals surface area contributed by atoms with Gasteiger partial charge in [0, 0.05) is 23.9 Å². The van der Waals surface area contributed by atoms with Gasteiger partial charge in [-0.3, -0.25) is 5.32 Å². The number of nitrogens with zero attached hydrogens (tertiary/aromatic N) is 3. The third kappa shape index (κ3) is 5.35. The van der Waals surface area contributed by atoms with Gasteiger partial charge in [-0.1, -0.05) is 18.2 Å². The highest BCUT2D eigenvalue weighted by atomic mass is 32.2. The number of ether oxygens (including phenoxy) is 2. The molecule has 206 valence electrons. The molecular formula is C29H34N4O5S. The molecular weight excluding hydrogens is 516 g/mol. The molecule has 0 radical (unpaired) electrons. The number of hydrogen-bond acceptors (Lipinski definition) is 8. The van der Waals surface area contributed by atoms with E-state index in [1.54, 1.807) is 57.2 Å². The van der Waals surface area contributed by atoms with Crippen LogP contribution in [-0.4, -0.2) is 55.0 Å². The Morgan fingerprint density at radius 2 is 1.77 bits per heavy atom. The van der Waals surface area contributed by atoms with Crippen molar-refractivity contribution in [2.24, 2.45) is 0 Å². The van der Waals surface area contributed by atoms with Gasteiger partial charge in [-0.05, 0) is 76.9 Å². The van der Waals surface area contributed by atoms with Gasteiger partial charge in [0.1, 0.15) is 16.3 Å². The number of anilines is 2. The van der Waals surface area contributed by atoms with E-state index in [0.29, 0.717) is 66.9 Å². The molecule has 3 aromatic rings. The van der Waals surface area contributed by atoms with Crippen molar-refractivity contribution in [1.82, 2.24) is 9.97 Å². The van der Waals surface area contributed by atoms with Gasteiger partial charge in [-0.15, -0.1) is 0 Å². The van der Waals surface area contributed by atoms with Crippen LogP contribution in [0.1, 0.15) is 46.2 Å².